The molecule has 3 heteroatoms. The van der Waals surface area contributed by atoms with Crippen molar-refractivity contribution in [3.63, 3.8) is 0 Å². The standard InChI is InChI=1S/C15H18N2S/c1-10-9-18-14(17-10)8-12-7-11-5-3-4-6-13(11)15(12)16-2/h3-6,9,12,15-16H,7-8H2,1-2H3. The largest absolute Gasteiger partial charge is 0.313 e. The van der Waals surface area contributed by atoms with Crippen molar-refractivity contribution in [2.45, 2.75) is 25.8 Å². The molecule has 0 spiro atoms. The average molecular weight is 258 g/mol. The highest BCUT2D eigenvalue weighted by atomic mass is 32.1. The molecule has 0 saturated heterocycles. The van der Waals surface area contributed by atoms with E-state index in [1.807, 2.05) is 0 Å². The molecule has 2 atom stereocenters. The maximum absolute atomic E-state index is 4.60. The summed E-state index contributed by atoms with van der Waals surface area (Å²) in [5.74, 6) is 0.637. The van der Waals surface area contributed by atoms with Gasteiger partial charge in [0.05, 0.1) is 5.01 Å². The SMILES string of the molecule is CNC1c2ccccc2CC1Cc1nc(C)cs1. The van der Waals surface area contributed by atoms with E-state index in [4.69, 9.17) is 0 Å². The number of nitrogens with zero attached hydrogens (tertiary/aromatic N) is 1. The van der Waals surface area contributed by atoms with Crippen molar-refractivity contribution in [1.29, 1.82) is 0 Å². The Balaban J connectivity index is 1.83. The second-order valence-corrected chi connectivity index (χ2v) is 5.96. The summed E-state index contributed by atoms with van der Waals surface area (Å²) in [6.45, 7) is 2.07. The molecule has 1 heterocycles. The van der Waals surface area contributed by atoms with Crippen LogP contribution in [-0.2, 0) is 12.8 Å². The molecule has 1 aromatic carbocycles. The first-order chi connectivity index (χ1) is 8.78. The maximum Gasteiger partial charge on any atom is 0.0931 e. The van der Waals surface area contributed by atoms with E-state index >= 15 is 0 Å². The van der Waals surface area contributed by atoms with Gasteiger partial charge in [0.25, 0.3) is 0 Å². The lowest BCUT2D eigenvalue weighted by atomic mass is 9.97. The third kappa shape index (κ3) is 2.08. The van der Waals surface area contributed by atoms with Gasteiger partial charge in [0.2, 0.25) is 0 Å². The zero-order chi connectivity index (χ0) is 12.5. The van der Waals surface area contributed by atoms with E-state index in [-0.39, 0.29) is 0 Å². The Bertz CT molecular complexity index is 547. The van der Waals surface area contributed by atoms with Gasteiger partial charge in [-0.25, -0.2) is 4.98 Å². The van der Waals surface area contributed by atoms with Crippen LogP contribution in [0.1, 0.15) is 27.9 Å². The Labute approximate surface area is 112 Å². The lowest BCUT2D eigenvalue weighted by Gasteiger charge is -2.18. The van der Waals surface area contributed by atoms with E-state index in [0.29, 0.717) is 12.0 Å². The number of thiazole rings is 1. The Morgan fingerprint density at radius 3 is 2.94 bits per heavy atom. The summed E-state index contributed by atoms with van der Waals surface area (Å²) >= 11 is 1.79. The molecule has 94 valence electrons. The number of fused-ring (bicyclic) bond motifs is 1. The molecule has 1 aromatic heterocycles. The van der Waals surface area contributed by atoms with Crippen molar-refractivity contribution in [3.05, 3.63) is 51.5 Å². The Hall–Kier alpha value is -1.19. The van der Waals surface area contributed by atoms with Crippen LogP contribution in [0.25, 0.3) is 0 Å². The van der Waals surface area contributed by atoms with Crippen molar-refractivity contribution >= 4 is 11.3 Å². The predicted molar refractivity (Wildman–Crippen MR) is 76.0 cm³/mol. The maximum atomic E-state index is 4.60. The third-order valence-corrected chi connectivity index (χ3v) is 4.75. The molecule has 1 aliphatic rings. The molecule has 1 aliphatic carbocycles. The zero-order valence-corrected chi connectivity index (χ0v) is 11.6. The molecule has 18 heavy (non-hydrogen) atoms. The number of nitrogens with one attached hydrogen (secondary N) is 1. The van der Waals surface area contributed by atoms with Crippen molar-refractivity contribution in [3.8, 4) is 0 Å². The molecule has 0 amide bonds. The summed E-state index contributed by atoms with van der Waals surface area (Å²) in [5, 5.41) is 6.89. The molecule has 2 nitrogen and oxygen atoms in total. The zero-order valence-electron chi connectivity index (χ0n) is 10.8. The average Bonchev–Trinajstić information content (AvgIpc) is 2.92. The van der Waals surface area contributed by atoms with Gasteiger partial charge in [-0.2, -0.15) is 0 Å². The highest BCUT2D eigenvalue weighted by molar-refractivity contribution is 7.09. The lowest BCUT2D eigenvalue weighted by Crippen LogP contribution is -2.23. The second-order valence-electron chi connectivity index (χ2n) is 5.02. The van der Waals surface area contributed by atoms with Gasteiger partial charge in [0.1, 0.15) is 0 Å². The molecule has 2 aromatic rings. The van der Waals surface area contributed by atoms with E-state index in [9.17, 15) is 0 Å². The minimum atomic E-state index is 0.477. The highest BCUT2D eigenvalue weighted by Gasteiger charge is 2.31. The lowest BCUT2D eigenvalue weighted by molar-refractivity contribution is 0.410. The fraction of sp³-hybridized carbons (Fsp3) is 0.400. The molecule has 0 radical (unpaired) electrons. The van der Waals surface area contributed by atoms with Gasteiger partial charge in [0.15, 0.2) is 0 Å². The van der Waals surface area contributed by atoms with Gasteiger partial charge in [-0.15, -0.1) is 11.3 Å². The van der Waals surface area contributed by atoms with E-state index in [1.165, 1.54) is 22.6 Å². The van der Waals surface area contributed by atoms with Gasteiger partial charge in [-0.1, -0.05) is 24.3 Å². The molecule has 0 saturated carbocycles. The molecular formula is C15H18N2S. The van der Waals surface area contributed by atoms with Crippen LogP contribution in [0.5, 0.6) is 0 Å². The first kappa shape index (κ1) is 11.9. The van der Waals surface area contributed by atoms with Crippen LogP contribution in [0.2, 0.25) is 0 Å². The van der Waals surface area contributed by atoms with Crippen LogP contribution >= 0.6 is 11.3 Å². The summed E-state index contributed by atoms with van der Waals surface area (Å²) in [4.78, 5) is 4.60. The minimum Gasteiger partial charge on any atom is -0.313 e. The van der Waals surface area contributed by atoms with Gasteiger partial charge >= 0.3 is 0 Å². The van der Waals surface area contributed by atoms with Crippen molar-refractivity contribution in [2.75, 3.05) is 7.05 Å². The number of benzene rings is 1. The number of aromatic nitrogens is 1. The molecule has 0 bridgehead atoms. The smallest absolute Gasteiger partial charge is 0.0931 e. The fourth-order valence-electron chi connectivity index (χ4n) is 2.98. The topological polar surface area (TPSA) is 24.9 Å². The van der Waals surface area contributed by atoms with Crippen LogP contribution in [0.3, 0.4) is 0 Å². The number of rotatable bonds is 3. The first-order valence-corrected chi connectivity index (χ1v) is 7.32. The van der Waals surface area contributed by atoms with Crippen molar-refractivity contribution in [2.24, 2.45) is 5.92 Å². The Morgan fingerprint density at radius 2 is 2.22 bits per heavy atom. The van der Waals surface area contributed by atoms with E-state index in [0.717, 1.165) is 12.1 Å². The first-order valence-electron chi connectivity index (χ1n) is 6.44. The fourth-order valence-corrected chi connectivity index (χ4v) is 3.85. The van der Waals surface area contributed by atoms with Gasteiger partial charge in [0, 0.05) is 23.5 Å². The van der Waals surface area contributed by atoms with E-state index < -0.39 is 0 Å². The van der Waals surface area contributed by atoms with Crippen molar-refractivity contribution < 1.29 is 0 Å². The molecule has 3 rings (SSSR count). The minimum absolute atomic E-state index is 0.477. The number of aryl methyl sites for hydroxylation is 1. The molecule has 1 N–H and O–H groups in total. The van der Waals surface area contributed by atoms with Gasteiger partial charge < -0.3 is 5.32 Å². The molecule has 2 unspecified atom stereocenters. The van der Waals surface area contributed by atoms with Crippen LogP contribution < -0.4 is 5.32 Å². The summed E-state index contributed by atoms with van der Waals surface area (Å²) in [7, 11) is 2.06. The van der Waals surface area contributed by atoms with E-state index in [2.05, 4.69) is 53.9 Å². The summed E-state index contributed by atoms with van der Waals surface area (Å²) in [6, 6.07) is 9.27. The number of hydrogen-bond acceptors (Lipinski definition) is 3. The van der Waals surface area contributed by atoms with Crippen LogP contribution in [0.4, 0.5) is 0 Å². The Kier molecular flexibility index (Phi) is 3.18. The second kappa shape index (κ2) is 4.82. The third-order valence-electron chi connectivity index (χ3n) is 3.76. The summed E-state index contributed by atoms with van der Waals surface area (Å²) in [6.07, 6.45) is 2.25. The number of hydrogen-bond donors (Lipinski definition) is 1. The molecular weight excluding hydrogens is 240 g/mol. The monoisotopic (exact) mass is 258 g/mol. The van der Waals surface area contributed by atoms with Crippen LogP contribution in [0.15, 0.2) is 29.6 Å². The van der Waals surface area contributed by atoms with Crippen molar-refractivity contribution in [1.82, 2.24) is 10.3 Å². The Morgan fingerprint density at radius 1 is 1.39 bits per heavy atom. The normalized spacial score (nSPS) is 22.1. The molecule has 0 fully saturated rings. The van der Waals surface area contributed by atoms with Gasteiger partial charge in [-0.3, -0.25) is 0 Å². The predicted octanol–water partition coefficient (Wildman–Crippen LogP) is 3.13. The summed E-state index contributed by atoms with van der Waals surface area (Å²) in [5.41, 5.74) is 4.11. The quantitative estimate of drug-likeness (QED) is 0.915. The molecule has 0 aliphatic heterocycles. The highest BCUT2D eigenvalue weighted by Crippen LogP contribution is 2.37. The van der Waals surface area contributed by atoms with Gasteiger partial charge in [-0.05, 0) is 37.4 Å². The van der Waals surface area contributed by atoms with E-state index in [1.54, 1.807) is 11.3 Å². The van der Waals surface area contributed by atoms with Crippen LogP contribution in [0, 0.1) is 12.8 Å². The summed E-state index contributed by atoms with van der Waals surface area (Å²) < 4.78 is 0. The van der Waals surface area contributed by atoms with Crippen LogP contribution in [-0.4, -0.2) is 12.0 Å².